The lowest BCUT2D eigenvalue weighted by Crippen LogP contribution is -2.52. The molecule has 1 unspecified atom stereocenters. The lowest BCUT2D eigenvalue weighted by molar-refractivity contribution is -0.146. The summed E-state index contributed by atoms with van der Waals surface area (Å²) < 4.78 is 0. The van der Waals surface area contributed by atoms with Crippen molar-refractivity contribution in [2.24, 2.45) is 5.41 Å². The molecular weight excluding hydrogens is 276 g/mol. The molecule has 21 heavy (non-hydrogen) atoms. The molecule has 7 heteroatoms. The topological polar surface area (TPSA) is 107 Å². The largest absolute Gasteiger partial charge is 0.480 e. The summed E-state index contributed by atoms with van der Waals surface area (Å²) in [5.74, 6) is -1.77. The molecule has 3 N–H and O–H groups in total. The number of aliphatic hydroxyl groups excluding tert-OH is 1. The van der Waals surface area contributed by atoms with Crippen LogP contribution in [-0.2, 0) is 14.4 Å². The normalized spacial score (nSPS) is 20.2. The molecule has 2 atom stereocenters. The van der Waals surface area contributed by atoms with Gasteiger partial charge >= 0.3 is 5.97 Å². The van der Waals surface area contributed by atoms with E-state index in [-0.39, 0.29) is 18.9 Å². The minimum absolute atomic E-state index is 0.0546. The molecule has 2 amide bonds. The standard InChI is InChI=1S/C14H24N2O5/c1-14(2,3)13(21)16-7-4-5-10(16)11(18)15-9(6-8-17)12(19)20/h9-10,17H,4-8H2,1-3H3,(H,15,18)(H,19,20)/t9-,10?/m0/s1. The van der Waals surface area contributed by atoms with E-state index in [2.05, 4.69) is 5.32 Å². The summed E-state index contributed by atoms with van der Waals surface area (Å²) in [4.78, 5) is 37.1. The highest BCUT2D eigenvalue weighted by Gasteiger charge is 2.39. The van der Waals surface area contributed by atoms with Crippen LogP contribution < -0.4 is 5.32 Å². The van der Waals surface area contributed by atoms with Crippen molar-refractivity contribution in [3.8, 4) is 0 Å². The third-order valence-corrected chi connectivity index (χ3v) is 3.49. The number of carboxylic acids is 1. The molecule has 7 nitrogen and oxygen atoms in total. The number of carbonyl (C=O) groups is 3. The van der Waals surface area contributed by atoms with Crippen LogP contribution >= 0.6 is 0 Å². The molecule has 1 heterocycles. The number of nitrogens with one attached hydrogen (secondary N) is 1. The predicted octanol–water partition coefficient (Wildman–Crippen LogP) is -0.0247. The van der Waals surface area contributed by atoms with Crippen molar-refractivity contribution < 1.29 is 24.6 Å². The van der Waals surface area contributed by atoms with Crippen molar-refractivity contribution in [1.29, 1.82) is 0 Å². The Morgan fingerprint density at radius 2 is 1.95 bits per heavy atom. The second kappa shape index (κ2) is 6.89. The number of aliphatic hydroxyl groups is 1. The van der Waals surface area contributed by atoms with Crippen molar-refractivity contribution in [2.75, 3.05) is 13.2 Å². The van der Waals surface area contributed by atoms with E-state index in [1.165, 1.54) is 4.90 Å². The van der Waals surface area contributed by atoms with Gasteiger partial charge in [-0.05, 0) is 12.8 Å². The number of aliphatic carboxylic acids is 1. The number of hydrogen-bond donors (Lipinski definition) is 3. The van der Waals surface area contributed by atoms with Crippen LogP contribution in [0, 0.1) is 5.41 Å². The fraction of sp³-hybridized carbons (Fsp3) is 0.786. The molecule has 1 fully saturated rings. The quantitative estimate of drug-likeness (QED) is 0.661. The van der Waals surface area contributed by atoms with Crippen LogP contribution in [0.4, 0.5) is 0 Å². The Balaban J connectivity index is 2.76. The Morgan fingerprint density at radius 1 is 1.33 bits per heavy atom. The van der Waals surface area contributed by atoms with Crippen molar-refractivity contribution in [2.45, 2.75) is 52.1 Å². The van der Waals surface area contributed by atoms with Gasteiger partial charge in [0.25, 0.3) is 0 Å². The molecule has 0 spiro atoms. The van der Waals surface area contributed by atoms with Crippen LogP contribution in [0.2, 0.25) is 0 Å². The zero-order chi connectivity index (χ0) is 16.2. The summed E-state index contributed by atoms with van der Waals surface area (Å²) in [6.45, 7) is 5.54. The molecule has 0 bridgehead atoms. The fourth-order valence-corrected chi connectivity index (χ4v) is 2.37. The number of carboxylic acid groups (broad SMARTS) is 1. The fourth-order valence-electron chi connectivity index (χ4n) is 2.37. The van der Waals surface area contributed by atoms with Gasteiger partial charge < -0.3 is 20.4 Å². The van der Waals surface area contributed by atoms with Crippen LogP contribution in [-0.4, -0.2) is 58.1 Å². The average molecular weight is 300 g/mol. The van der Waals surface area contributed by atoms with Gasteiger partial charge in [-0.15, -0.1) is 0 Å². The third-order valence-electron chi connectivity index (χ3n) is 3.49. The SMILES string of the molecule is CC(C)(C)C(=O)N1CCCC1C(=O)N[C@@H](CCO)C(=O)O. The summed E-state index contributed by atoms with van der Waals surface area (Å²) in [5, 5.41) is 20.2. The first-order valence-electron chi connectivity index (χ1n) is 7.13. The minimum atomic E-state index is -1.19. The third kappa shape index (κ3) is 4.42. The zero-order valence-corrected chi connectivity index (χ0v) is 12.8. The first-order chi connectivity index (χ1) is 9.68. The molecule has 0 aromatic heterocycles. The Morgan fingerprint density at radius 3 is 2.43 bits per heavy atom. The lowest BCUT2D eigenvalue weighted by atomic mass is 9.94. The van der Waals surface area contributed by atoms with E-state index in [0.717, 1.165) is 6.42 Å². The van der Waals surface area contributed by atoms with Gasteiger partial charge in [0, 0.05) is 25.0 Å². The molecule has 0 aliphatic carbocycles. The molecule has 120 valence electrons. The highest BCUT2D eigenvalue weighted by Crippen LogP contribution is 2.25. The van der Waals surface area contributed by atoms with Gasteiger partial charge in [0.2, 0.25) is 11.8 Å². The molecule has 0 saturated carbocycles. The van der Waals surface area contributed by atoms with Gasteiger partial charge in [-0.2, -0.15) is 0 Å². The Bertz CT molecular complexity index is 416. The molecule has 0 aromatic carbocycles. The van der Waals surface area contributed by atoms with Crippen molar-refractivity contribution in [3.63, 3.8) is 0 Å². The van der Waals surface area contributed by atoms with E-state index in [4.69, 9.17) is 10.2 Å². The van der Waals surface area contributed by atoms with Gasteiger partial charge in [0.1, 0.15) is 12.1 Å². The van der Waals surface area contributed by atoms with Crippen LogP contribution in [0.25, 0.3) is 0 Å². The maximum Gasteiger partial charge on any atom is 0.326 e. The van der Waals surface area contributed by atoms with Crippen molar-refractivity contribution >= 4 is 17.8 Å². The number of likely N-dealkylation sites (tertiary alicyclic amines) is 1. The molecule has 0 radical (unpaired) electrons. The lowest BCUT2D eigenvalue weighted by Gasteiger charge is -2.30. The molecule has 1 aliphatic heterocycles. The van der Waals surface area contributed by atoms with E-state index >= 15 is 0 Å². The maximum absolute atomic E-state index is 12.3. The first-order valence-corrected chi connectivity index (χ1v) is 7.13. The van der Waals surface area contributed by atoms with Gasteiger partial charge in [0.05, 0.1) is 0 Å². The van der Waals surface area contributed by atoms with Gasteiger partial charge in [-0.25, -0.2) is 4.79 Å². The molecule has 1 aliphatic rings. The van der Waals surface area contributed by atoms with E-state index in [0.29, 0.717) is 13.0 Å². The van der Waals surface area contributed by atoms with Gasteiger partial charge in [0.15, 0.2) is 0 Å². The number of carbonyl (C=O) groups excluding carboxylic acids is 2. The summed E-state index contributed by atoms with van der Waals surface area (Å²) >= 11 is 0. The number of hydrogen-bond acceptors (Lipinski definition) is 4. The highest BCUT2D eigenvalue weighted by atomic mass is 16.4. The predicted molar refractivity (Wildman–Crippen MR) is 75.5 cm³/mol. The Kier molecular flexibility index (Phi) is 5.71. The average Bonchev–Trinajstić information content (AvgIpc) is 2.84. The van der Waals surface area contributed by atoms with E-state index in [1.54, 1.807) is 20.8 Å². The molecule has 1 saturated heterocycles. The number of rotatable bonds is 5. The monoisotopic (exact) mass is 300 g/mol. The van der Waals surface area contributed by atoms with E-state index in [9.17, 15) is 14.4 Å². The molecule has 0 aromatic rings. The number of nitrogens with zero attached hydrogens (tertiary/aromatic N) is 1. The number of amides is 2. The highest BCUT2D eigenvalue weighted by molar-refractivity contribution is 5.92. The summed E-state index contributed by atoms with van der Waals surface area (Å²) in [6, 6.07) is -1.76. The van der Waals surface area contributed by atoms with Crippen molar-refractivity contribution in [1.82, 2.24) is 10.2 Å². The van der Waals surface area contributed by atoms with E-state index in [1.807, 2.05) is 0 Å². The van der Waals surface area contributed by atoms with Crippen LogP contribution in [0.5, 0.6) is 0 Å². The molecule has 1 rings (SSSR count). The second-order valence-corrected chi connectivity index (χ2v) is 6.32. The summed E-state index contributed by atoms with van der Waals surface area (Å²) in [7, 11) is 0. The van der Waals surface area contributed by atoms with E-state index < -0.39 is 29.4 Å². The van der Waals surface area contributed by atoms with Crippen LogP contribution in [0.1, 0.15) is 40.0 Å². The maximum atomic E-state index is 12.3. The summed E-state index contributed by atoms with van der Waals surface area (Å²) in [5.41, 5.74) is -0.583. The Labute approximate surface area is 124 Å². The van der Waals surface area contributed by atoms with Gasteiger partial charge in [-0.1, -0.05) is 20.8 Å². The zero-order valence-electron chi connectivity index (χ0n) is 12.8. The van der Waals surface area contributed by atoms with Gasteiger partial charge in [-0.3, -0.25) is 9.59 Å². The Hall–Kier alpha value is -1.63. The second-order valence-electron chi connectivity index (χ2n) is 6.32. The van der Waals surface area contributed by atoms with Crippen LogP contribution in [0.15, 0.2) is 0 Å². The summed E-state index contributed by atoms with van der Waals surface area (Å²) in [6.07, 6.45) is 1.19. The van der Waals surface area contributed by atoms with Crippen molar-refractivity contribution in [3.05, 3.63) is 0 Å². The molecular formula is C14H24N2O5. The smallest absolute Gasteiger partial charge is 0.326 e. The minimum Gasteiger partial charge on any atom is -0.480 e. The first kappa shape index (κ1) is 17.4. The van der Waals surface area contributed by atoms with Crippen LogP contribution in [0.3, 0.4) is 0 Å².